The second-order valence-electron chi connectivity index (χ2n) is 8.24. The highest BCUT2D eigenvalue weighted by atomic mass is 16.5. The van der Waals surface area contributed by atoms with Crippen LogP contribution in [0.25, 0.3) is 11.4 Å². The van der Waals surface area contributed by atoms with Crippen LogP contribution in [0, 0.1) is 5.41 Å². The Hall–Kier alpha value is -3.32. The summed E-state index contributed by atoms with van der Waals surface area (Å²) in [6.07, 6.45) is 0. The summed E-state index contributed by atoms with van der Waals surface area (Å²) >= 11 is 0. The van der Waals surface area contributed by atoms with E-state index in [9.17, 15) is 9.59 Å². The number of hydrogen-bond donors (Lipinski definition) is 2. The number of ether oxygens (including phenoxy) is 1. The zero-order valence-corrected chi connectivity index (χ0v) is 17.6. The Kier molecular flexibility index (Phi) is 6.12. The van der Waals surface area contributed by atoms with E-state index in [2.05, 4.69) is 0 Å². The average molecular weight is 409 g/mol. The molecule has 0 bridgehead atoms. The van der Waals surface area contributed by atoms with Gasteiger partial charge < -0.3 is 20.4 Å². The number of rotatable bonds is 5. The standard InChI is InChI=1S/C23H28N4O3/c1-23(2,3)22(29)26-14-16-8-4-5-9-17(16)20(24)21(27(25)12-13-30-15-28)18-10-6-7-11-19(18)26/h4-11,15H,12-14,24-25H2,1-3H3/b21-20-. The van der Waals surface area contributed by atoms with Crippen molar-refractivity contribution in [3.8, 4) is 0 Å². The summed E-state index contributed by atoms with van der Waals surface area (Å²) in [4.78, 5) is 25.7. The quantitative estimate of drug-likeness (QED) is 0.341. The van der Waals surface area contributed by atoms with Crippen molar-refractivity contribution >= 4 is 29.5 Å². The van der Waals surface area contributed by atoms with Gasteiger partial charge in [0.1, 0.15) is 6.61 Å². The molecule has 1 heterocycles. The fourth-order valence-corrected chi connectivity index (χ4v) is 3.56. The molecular formula is C23H28N4O3. The largest absolute Gasteiger partial charge is 0.466 e. The molecule has 7 nitrogen and oxygen atoms in total. The van der Waals surface area contributed by atoms with Gasteiger partial charge in [-0.15, -0.1) is 0 Å². The van der Waals surface area contributed by atoms with Gasteiger partial charge in [0.15, 0.2) is 0 Å². The molecule has 0 fully saturated rings. The SMILES string of the molecule is CC(C)(C)C(=O)N1Cc2ccccc2/C(N)=C(/N(N)CCOC=O)c2ccccc21. The van der Waals surface area contributed by atoms with Crippen molar-refractivity contribution < 1.29 is 14.3 Å². The summed E-state index contributed by atoms with van der Waals surface area (Å²) in [6.45, 7) is 6.86. The topological polar surface area (TPSA) is 102 Å². The summed E-state index contributed by atoms with van der Waals surface area (Å²) in [6, 6.07) is 15.3. The Bertz CT molecular complexity index is 978. The molecule has 0 saturated carbocycles. The third-order valence-corrected chi connectivity index (χ3v) is 5.03. The van der Waals surface area contributed by atoms with Crippen LogP contribution in [0.2, 0.25) is 0 Å². The first-order valence-corrected chi connectivity index (χ1v) is 9.82. The number of hydrogen-bond acceptors (Lipinski definition) is 6. The van der Waals surface area contributed by atoms with Crippen LogP contribution in [0.1, 0.15) is 37.5 Å². The van der Waals surface area contributed by atoms with Crippen LogP contribution >= 0.6 is 0 Å². The number of para-hydroxylation sites is 1. The fourth-order valence-electron chi connectivity index (χ4n) is 3.56. The Morgan fingerprint density at radius 2 is 1.77 bits per heavy atom. The molecule has 0 unspecified atom stereocenters. The lowest BCUT2D eigenvalue weighted by atomic mass is 9.91. The number of hydrazine groups is 1. The minimum absolute atomic E-state index is 0.00238. The lowest BCUT2D eigenvalue weighted by molar-refractivity contribution is -0.129. The molecule has 2 aromatic rings. The molecule has 1 aliphatic heterocycles. The van der Waals surface area contributed by atoms with Gasteiger partial charge in [0, 0.05) is 16.5 Å². The number of nitrogens with two attached hydrogens (primary N) is 2. The number of fused-ring (bicyclic) bond motifs is 2. The van der Waals surface area contributed by atoms with E-state index in [1.807, 2.05) is 69.3 Å². The summed E-state index contributed by atoms with van der Waals surface area (Å²) in [5, 5.41) is 1.47. The van der Waals surface area contributed by atoms with Gasteiger partial charge in [0.2, 0.25) is 5.91 Å². The Labute approximate surface area is 176 Å². The predicted molar refractivity (Wildman–Crippen MR) is 117 cm³/mol. The van der Waals surface area contributed by atoms with Gasteiger partial charge in [0.25, 0.3) is 6.47 Å². The second kappa shape index (κ2) is 8.59. The first-order valence-electron chi connectivity index (χ1n) is 9.82. The number of benzene rings is 2. The Balaban J connectivity index is 2.25. The van der Waals surface area contributed by atoms with Crippen molar-refractivity contribution in [1.29, 1.82) is 0 Å². The van der Waals surface area contributed by atoms with Crippen molar-refractivity contribution in [2.24, 2.45) is 17.0 Å². The van der Waals surface area contributed by atoms with Crippen LogP contribution < -0.4 is 16.5 Å². The number of amides is 1. The lowest BCUT2D eigenvalue weighted by Gasteiger charge is -2.35. The third-order valence-electron chi connectivity index (χ3n) is 5.03. The predicted octanol–water partition coefficient (Wildman–Crippen LogP) is 2.71. The van der Waals surface area contributed by atoms with Crippen LogP contribution in [-0.2, 0) is 20.9 Å². The molecule has 1 amide bonds. The number of carbonyl (C=O) groups is 2. The highest BCUT2D eigenvalue weighted by molar-refractivity contribution is 6.02. The molecule has 158 valence electrons. The fraction of sp³-hybridized carbons (Fsp3) is 0.304. The molecule has 0 spiro atoms. The van der Waals surface area contributed by atoms with Gasteiger partial charge in [-0.05, 0) is 11.6 Å². The maximum Gasteiger partial charge on any atom is 0.293 e. The Morgan fingerprint density at radius 1 is 1.13 bits per heavy atom. The minimum Gasteiger partial charge on any atom is -0.466 e. The van der Waals surface area contributed by atoms with Crippen LogP contribution in [0.3, 0.4) is 0 Å². The smallest absolute Gasteiger partial charge is 0.293 e. The van der Waals surface area contributed by atoms with Crippen LogP contribution in [-0.4, -0.2) is 30.5 Å². The maximum atomic E-state index is 13.4. The van der Waals surface area contributed by atoms with Crippen molar-refractivity contribution in [1.82, 2.24) is 5.01 Å². The second-order valence-corrected chi connectivity index (χ2v) is 8.24. The van der Waals surface area contributed by atoms with E-state index in [1.54, 1.807) is 4.90 Å². The normalized spacial score (nSPS) is 16.1. The minimum atomic E-state index is -0.573. The van der Waals surface area contributed by atoms with E-state index < -0.39 is 5.41 Å². The average Bonchev–Trinajstić information content (AvgIpc) is 2.71. The van der Waals surface area contributed by atoms with E-state index >= 15 is 0 Å². The number of anilines is 1. The van der Waals surface area contributed by atoms with E-state index in [0.717, 1.165) is 22.4 Å². The molecule has 0 aliphatic carbocycles. The van der Waals surface area contributed by atoms with Crippen LogP contribution in [0.15, 0.2) is 48.5 Å². The van der Waals surface area contributed by atoms with Crippen molar-refractivity contribution in [3.05, 3.63) is 65.2 Å². The molecule has 0 radical (unpaired) electrons. The molecule has 7 heteroatoms. The van der Waals surface area contributed by atoms with E-state index in [1.165, 1.54) is 5.01 Å². The van der Waals surface area contributed by atoms with Gasteiger partial charge in [-0.3, -0.25) is 9.59 Å². The molecule has 0 saturated heterocycles. The Morgan fingerprint density at radius 3 is 2.43 bits per heavy atom. The summed E-state index contributed by atoms with van der Waals surface area (Å²) < 4.78 is 4.82. The van der Waals surface area contributed by atoms with Crippen molar-refractivity contribution in [2.75, 3.05) is 18.1 Å². The van der Waals surface area contributed by atoms with Gasteiger partial charge in [0.05, 0.1) is 30.2 Å². The summed E-state index contributed by atoms with van der Waals surface area (Å²) in [7, 11) is 0. The molecular weight excluding hydrogens is 380 g/mol. The van der Waals surface area contributed by atoms with E-state index in [-0.39, 0.29) is 19.1 Å². The van der Waals surface area contributed by atoms with Gasteiger partial charge in [-0.25, -0.2) is 5.84 Å². The molecule has 4 N–H and O–H groups in total. The zero-order chi connectivity index (χ0) is 21.9. The van der Waals surface area contributed by atoms with Crippen LogP contribution in [0.5, 0.6) is 0 Å². The molecule has 2 aromatic carbocycles. The van der Waals surface area contributed by atoms with Gasteiger partial charge in [-0.1, -0.05) is 63.2 Å². The van der Waals surface area contributed by atoms with Crippen molar-refractivity contribution in [2.45, 2.75) is 27.3 Å². The number of nitrogens with zero attached hydrogens (tertiary/aromatic N) is 2. The van der Waals surface area contributed by atoms with E-state index in [0.29, 0.717) is 24.4 Å². The summed E-state index contributed by atoms with van der Waals surface area (Å²) in [5.74, 6) is 6.37. The first kappa shape index (κ1) is 21.4. The maximum absolute atomic E-state index is 13.4. The molecule has 3 rings (SSSR count). The third kappa shape index (κ3) is 4.16. The molecule has 1 aliphatic rings. The van der Waals surface area contributed by atoms with Crippen LogP contribution in [0.4, 0.5) is 5.69 Å². The van der Waals surface area contributed by atoms with E-state index in [4.69, 9.17) is 16.3 Å². The highest BCUT2D eigenvalue weighted by Gasteiger charge is 2.33. The van der Waals surface area contributed by atoms with Gasteiger partial charge in [-0.2, -0.15) is 0 Å². The first-order chi connectivity index (χ1) is 14.3. The summed E-state index contributed by atoms with van der Waals surface area (Å²) in [5.41, 5.74) is 10.4. The van der Waals surface area contributed by atoms with Crippen molar-refractivity contribution in [3.63, 3.8) is 0 Å². The highest BCUT2D eigenvalue weighted by Crippen LogP contribution is 2.38. The molecule has 0 atom stereocenters. The van der Waals surface area contributed by atoms with Gasteiger partial charge >= 0.3 is 0 Å². The molecule has 0 aromatic heterocycles. The number of carbonyl (C=O) groups excluding carboxylic acids is 2. The lowest BCUT2D eigenvalue weighted by Crippen LogP contribution is -2.41. The monoisotopic (exact) mass is 408 g/mol. The molecule has 30 heavy (non-hydrogen) atoms. The zero-order valence-electron chi connectivity index (χ0n) is 17.6.